The van der Waals surface area contributed by atoms with Gasteiger partial charge in [0.15, 0.2) is 0 Å². The first kappa shape index (κ1) is 17.5. The van der Waals surface area contributed by atoms with Gasteiger partial charge in [0.1, 0.15) is 16.2 Å². The number of rotatable bonds is 4. The van der Waals surface area contributed by atoms with Crippen LogP contribution in [-0.2, 0) is 17.6 Å². The van der Waals surface area contributed by atoms with E-state index in [1.807, 2.05) is 26.0 Å². The van der Waals surface area contributed by atoms with Gasteiger partial charge in [-0.3, -0.25) is 4.79 Å². The molecule has 0 unspecified atom stereocenters. The summed E-state index contributed by atoms with van der Waals surface area (Å²) in [6.07, 6.45) is 6.35. The van der Waals surface area contributed by atoms with Crippen LogP contribution in [0.15, 0.2) is 29.6 Å². The Labute approximate surface area is 161 Å². The molecule has 134 valence electrons. The summed E-state index contributed by atoms with van der Waals surface area (Å²) in [6.45, 7) is 4.07. The van der Waals surface area contributed by atoms with Crippen LogP contribution >= 0.6 is 23.1 Å². The molecule has 0 saturated heterocycles. The number of hydrogen-bond donors (Lipinski definition) is 1. The molecule has 4 rings (SSSR count). The Balaban J connectivity index is 1.51. The highest BCUT2D eigenvalue weighted by atomic mass is 32.2. The fourth-order valence-electron chi connectivity index (χ4n) is 3.55. The molecule has 0 aliphatic heterocycles. The lowest BCUT2D eigenvalue weighted by atomic mass is 9.97. The number of nitrogens with one attached hydrogen (secondary N) is 1. The van der Waals surface area contributed by atoms with Crippen LogP contribution in [0.5, 0.6) is 0 Å². The molecule has 6 heteroatoms. The van der Waals surface area contributed by atoms with Crippen molar-refractivity contribution in [3.05, 3.63) is 46.1 Å². The summed E-state index contributed by atoms with van der Waals surface area (Å²) in [5, 5.41) is 5.11. The molecule has 0 spiro atoms. The number of carbonyl (C=O) groups is 1. The average Bonchev–Trinajstić information content (AvgIpc) is 2.98. The predicted octanol–water partition coefficient (Wildman–Crippen LogP) is 4.92. The largest absolute Gasteiger partial charge is 0.325 e. The van der Waals surface area contributed by atoms with E-state index >= 15 is 0 Å². The molecule has 26 heavy (non-hydrogen) atoms. The van der Waals surface area contributed by atoms with E-state index in [1.165, 1.54) is 40.4 Å². The number of thioether (sulfide) groups is 1. The van der Waals surface area contributed by atoms with Gasteiger partial charge in [0.05, 0.1) is 5.75 Å². The minimum absolute atomic E-state index is 0.00383. The van der Waals surface area contributed by atoms with Gasteiger partial charge in [-0.25, -0.2) is 9.97 Å². The van der Waals surface area contributed by atoms with E-state index in [2.05, 4.69) is 21.4 Å². The van der Waals surface area contributed by atoms with E-state index in [9.17, 15) is 4.79 Å². The molecular formula is C20H21N3OS2. The number of fused-ring (bicyclic) bond motifs is 3. The molecule has 0 atom stereocenters. The molecule has 0 radical (unpaired) electrons. The minimum Gasteiger partial charge on any atom is -0.325 e. The molecule has 1 aliphatic carbocycles. The van der Waals surface area contributed by atoms with Crippen molar-refractivity contribution in [3.63, 3.8) is 0 Å². The van der Waals surface area contributed by atoms with Gasteiger partial charge in [-0.2, -0.15) is 0 Å². The maximum absolute atomic E-state index is 12.4. The molecule has 0 bridgehead atoms. The van der Waals surface area contributed by atoms with E-state index in [0.717, 1.165) is 39.5 Å². The standard InChI is InChI=1S/C20H21N3OS2/c1-12-7-13(2)9-14(8-12)23-17(24)10-25-19-18-15-5-3-4-6-16(15)26-20(18)22-11-21-19/h7-9,11H,3-6,10H2,1-2H3,(H,23,24). The molecule has 0 fully saturated rings. The van der Waals surface area contributed by atoms with Gasteiger partial charge in [-0.1, -0.05) is 17.8 Å². The van der Waals surface area contributed by atoms with E-state index in [4.69, 9.17) is 0 Å². The van der Waals surface area contributed by atoms with Crippen LogP contribution in [0, 0.1) is 13.8 Å². The van der Waals surface area contributed by atoms with Crippen molar-refractivity contribution >= 4 is 44.9 Å². The summed E-state index contributed by atoms with van der Waals surface area (Å²) in [7, 11) is 0. The Morgan fingerprint density at radius 1 is 1.15 bits per heavy atom. The Kier molecular flexibility index (Phi) is 4.96. The normalized spacial score (nSPS) is 13.6. The van der Waals surface area contributed by atoms with Gasteiger partial charge in [-0.05, 0) is 68.4 Å². The quantitative estimate of drug-likeness (QED) is 0.513. The van der Waals surface area contributed by atoms with E-state index in [1.54, 1.807) is 17.7 Å². The topological polar surface area (TPSA) is 54.9 Å². The first-order valence-electron chi connectivity index (χ1n) is 8.86. The minimum atomic E-state index is -0.00383. The van der Waals surface area contributed by atoms with Crippen molar-refractivity contribution in [2.45, 2.75) is 44.6 Å². The van der Waals surface area contributed by atoms with E-state index in [0.29, 0.717) is 5.75 Å². The fraction of sp³-hybridized carbons (Fsp3) is 0.350. The van der Waals surface area contributed by atoms with Crippen LogP contribution in [0.4, 0.5) is 5.69 Å². The second kappa shape index (κ2) is 7.37. The molecule has 0 saturated carbocycles. The lowest BCUT2D eigenvalue weighted by Gasteiger charge is -2.11. The zero-order chi connectivity index (χ0) is 18.1. The number of aryl methyl sites for hydroxylation is 4. The predicted molar refractivity (Wildman–Crippen MR) is 109 cm³/mol. The zero-order valence-corrected chi connectivity index (χ0v) is 16.6. The smallest absolute Gasteiger partial charge is 0.234 e. The Morgan fingerprint density at radius 3 is 2.73 bits per heavy atom. The Hall–Kier alpha value is -1.92. The Morgan fingerprint density at radius 2 is 1.92 bits per heavy atom. The number of anilines is 1. The van der Waals surface area contributed by atoms with Gasteiger partial charge < -0.3 is 5.32 Å². The van der Waals surface area contributed by atoms with E-state index < -0.39 is 0 Å². The first-order valence-corrected chi connectivity index (χ1v) is 10.7. The summed E-state index contributed by atoms with van der Waals surface area (Å²) in [6, 6.07) is 6.09. The molecule has 1 amide bonds. The summed E-state index contributed by atoms with van der Waals surface area (Å²) in [5.74, 6) is 0.347. The maximum Gasteiger partial charge on any atom is 0.234 e. The van der Waals surface area contributed by atoms with Gasteiger partial charge in [0.25, 0.3) is 0 Å². The zero-order valence-electron chi connectivity index (χ0n) is 15.0. The van der Waals surface area contributed by atoms with Crippen molar-refractivity contribution in [3.8, 4) is 0 Å². The first-order chi connectivity index (χ1) is 12.6. The monoisotopic (exact) mass is 383 g/mol. The third kappa shape index (κ3) is 3.62. The number of thiophene rings is 1. The molecule has 1 aromatic carbocycles. The van der Waals surface area contributed by atoms with Crippen LogP contribution in [0.3, 0.4) is 0 Å². The molecule has 4 nitrogen and oxygen atoms in total. The van der Waals surface area contributed by atoms with Crippen molar-refractivity contribution in [2.75, 3.05) is 11.1 Å². The molecular weight excluding hydrogens is 362 g/mol. The SMILES string of the molecule is Cc1cc(C)cc(NC(=O)CSc2ncnc3sc4c(c23)CCCC4)c1. The number of benzene rings is 1. The highest BCUT2D eigenvalue weighted by molar-refractivity contribution is 8.00. The van der Waals surface area contributed by atoms with Gasteiger partial charge in [0, 0.05) is 16.0 Å². The number of amides is 1. The van der Waals surface area contributed by atoms with Crippen LogP contribution in [-0.4, -0.2) is 21.6 Å². The second-order valence-electron chi connectivity index (χ2n) is 6.78. The molecule has 1 N–H and O–H groups in total. The summed E-state index contributed by atoms with van der Waals surface area (Å²) < 4.78 is 0. The van der Waals surface area contributed by atoms with Crippen LogP contribution in [0.1, 0.15) is 34.4 Å². The van der Waals surface area contributed by atoms with Crippen molar-refractivity contribution in [2.24, 2.45) is 0 Å². The summed E-state index contributed by atoms with van der Waals surface area (Å²) >= 11 is 3.30. The molecule has 3 aromatic rings. The van der Waals surface area contributed by atoms with Crippen molar-refractivity contribution in [1.29, 1.82) is 0 Å². The van der Waals surface area contributed by atoms with Gasteiger partial charge in [0.2, 0.25) is 5.91 Å². The molecule has 2 aromatic heterocycles. The van der Waals surface area contributed by atoms with Gasteiger partial charge >= 0.3 is 0 Å². The third-order valence-corrected chi connectivity index (χ3v) is 6.75. The van der Waals surface area contributed by atoms with Crippen molar-refractivity contribution in [1.82, 2.24) is 9.97 Å². The summed E-state index contributed by atoms with van der Waals surface area (Å²) in [5.41, 5.74) is 4.56. The van der Waals surface area contributed by atoms with Crippen LogP contribution in [0.25, 0.3) is 10.2 Å². The second-order valence-corrected chi connectivity index (χ2v) is 8.83. The number of nitrogens with zero attached hydrogens (tertiary/aromatic N) is 2. The highest BCUT2D eigenvalue weighted by Crippen LogP contribution is 2.39. The third-order valence-electron chi connectivity index (χ3n) is 4.56. The van der Waals surface area contributed by atoms with Crippen LogP contribution in [0.2, 0.25) is 0 Å². The number of hydrogen-bond acceptors (Lipinski definition) is 5. The molecule has 1 aliphatic rings. The van der Waals surface area contributed by atoms with E-state index in [-0.39, 0.29) is 5.91 Å². The number of carbonyl (C=O) groups excluding carboxylic acids is 1. The molecule has 2 heterocycles. The fourth-order valence-corrected chi connectivity index (χ4v) is 5.67. The summed E-state index contributed by atoms with van der Waals surface area (Å²) in [4.78, 5) is 23.8. The lowest BCUT2D eigenvalue weighted by molar-refractivity contribution is -0.113. The highest BCUT2D eigenvalue weighted by Gasteiger charge is 2.20. The lowest BCUT2D eigenvalue weighted by Crippen LogP contribution is -2.14. The number of aromatic nitrogens is 2. The van der Waals surface area contributed by atoms with Crippen molar-refractivity contribution < 1.29 is 4.79 Å². The van der Waals surface area contributed by atoms with Crippen LogP contribution < -0.4 is 5.32 Å². The average molecular weight is 384 g/mol. The Bertz CT molecular complexity index is 960. The van der Waals surface area contributed by atoms with Gasteiger partial charge in [-0.15, -0.1) is 11.3 Å². The maximum atomic E-state index is 12.4.